The van der Waals surface area contributed by atoms with Crippen molar-refractivity contribution in [1.82, 2.24) is 31.9 Å². The number of hydrogen-bond acceptors (Lipinski definition) is 12. The van der Waals surface area contributed by atoms with Crippen molar-refractivity contribution < 1.29 is 0 Å². The van der Waals surface area contributed by atoms with Gasteiger partial charge in [-0.25, -0.2) is 0 Å². The molecule has 4 radical (unpaired) electrons. The van der Waals surface area contributed by atoms with Crippen LogP contribution in [0.25, 0.3) is 0 Å². The molecule has 6 N–H and O–H groups in total. The Kier molecular flexibility index (Phi) is 46.1. The van der Waals surface area contributed by atoms with Gasteiger partial charge in [0.15, 0.2) is 0 Å². The third-order valence-electron chi connectivity index (χ3n) is 1.99. The molecule has 178 valence electrons. The maximum atomic E-state index is 4.59. The number of nitrogens with one attached hydrogen (secondary N) is 6. The Hall–Kier alpha value is 2.30. The zero-order chi connectivity index (χ0) is 23.9. The largest absolute Gasteiger partial charge is 3.00 e. The standard InChI is InChI=1S/3C4H8N2S4.2Sb/c3*7-3(8)5-1-2-6-4(9)10;;/h3*1-2H2,(H2,5,7,8)(H2,6,9,10);;/q;;;2*+3/p-6. The van der Waals surface area contributed by atoms with Crippen LogP contribution in [0.5, 0.6) is 0 Å². The fraction of sp³-hybridized carbons (Fsp3) is 0.500. The molecular weight excluding hydrogens is 856 g/mol. The third-order valence-corrected chi connectivity index (χ3v) is 3.72. The molecule has 0 amide bonds. The maximum absolute atomic E-state index is 4.59. The van der Waals surface area contributed by atoms with Crippen LogP contribution in [0, 0.1) is 0 Å². The van der Waals surface area contributed by atoms with Crippen LogP contribution in [-0.4, -0.2) is 114 Å². The molecule has 0 aromatic rings. The minimum atomic E-state index is 0. The topological polar surface area (TPSA) is 72.2 Å². The van der Waals surface area contributed by atoms with Gasteiger partial charge < -0.3 is 181 Å². The van der Waals surface area contributed by atoms with Gasteiger partial charge >= 0.3 is 48.9 Å². The van der Waals surface area contributed by atoms with Crippen molar-refractivity contribution in [1.29, 1.82) is 0 Å². The fourth-order valence-electron chi connectivity index (χ4n) is 0.987. The summed E-state index contributed by atoms with van der Waals surface area (Å²) in [7, 11) is 0. The Morgan fingerprint density at radius 2 is 0.438 bits per heavy atom. The Labute approximate surface area is 290 Å². The Morgan fingerprint density at radius 3 is 0.500 bits per heavy atom. The second-order valence-corrected chi connectivity index (χ2v) is 10.7. The monoisotopic (exact) mass is 872 g/mol. The molecule has 0 rings (SSSR count). The quantitative estimate of drug-likeness (QED) is 0.0722. The molecule has 0 unspecified atom stereocenters. The van der Waals surface area contributed by atoms with E-state index in [0.717, 1.165) is 0 Å². The molecule has 0 aromatic carbocycles. The summed E-state index contributed by atoms with van der Waals surface area (Å²) in [5.74, 6) is 0. The van der Waals surface area contributed by atoms with Crippen molar-refractivity contribution in [3.8, 4) is 0 Å². The molecule has 0 spiro atoms. The molecule has 32 heavy (non-hydrogen) atoms. The first kappa shape index (κ1) is 44.3. The van der Waals surface area contributed by atoms with Crippen molar-refractivity contribution in [2.24, 2.45) is 0 Å². The van der Waals surface area contributed by atoms with E-state index in [-0.39, 0.29) is 48.9 Å². The Bertz CT molecular complexity index is 445. The number of rotatable bonds is 9. The second kappa shape index (κ2) is 33.3. The molecule has 6 nitrogen and oxygen atoms in total. The van der Waals surface area contributed by atoms with Crippen LogP contribution in [0.1, 0.15) is 0 Å². The van der Waals surface area contributed by atoms with Gasteiger partial charge in [-0.15, -0.1) is 0 Å². The van der Waals surface area contributed by atoms with Crippen LogP contribution in [0.3, 0.4) is 0 Å². The van der Waals surface area contributed by atoms with E-state index in [0.29, 0.717) is 65.2 Å². The first-order valence-corrected chi connectivity index (χ1v) is 12.5. The summed E-state index contributed by atoms with van der Waals surface area (Å²) in [5.41, 5.74) is 0. The van der Waals surface area contributed by atoms with Gasteiger partial charge in [0, 0.05) is 39.3 Å². The molecule has 0 aliphatic heterocycles. The summed E-state index contributed by atoms with van der Waals surface area (Å²) in [4.78, 5) is 0. The first-order chi connectivity index (χ1) is 13.9. The van der Waals surface area contributed by atoms with Crippen LogP contribution in [0.15, 0.2) is 0 Å². The van der Waals surface area contributed by atoms with Gasteiger partial charge in [0.2, 0.25) is 0 Å². The summed E-state index contributed by atoms with van der Waals surface area (Å²) in [6, 6.07) is 0. The molecule has 0 fully saturated rings. The molecule has 20 heteroatoms. The van der Waals surface area contributed by atoms with Crippen LogP contribution in [0.2, 0.25) is 0 Å². The molecule has 0 atom stereocenters. The summed E-state index contributed by atoms with van der Waals surface area (Å²) >= 11 is 55.1. The molecular formula is C12H18N6S12Sb2. The minimum Gasteiger partial charge on any atom is -0.412 e. The van der Waals surface area contributed by atoms with Crippen molar-refractivity contribution in [2.75, 3.05) is 39.3 Å². The van der Waals surface area contributed by atoms with E-state index in [1.807, 2.05) is 0 Å². The zero-order valence-corrected chi connectivity index (χ0v) is 30.9. The van der Waals surface area contributed by atoms with Crippen molar-refractivity contribution in [3.63, 3.8) is 0 Å². The van der Waals surface area contributed by atoms with E-state index in [1.54, 1.807) is 0 Å². The zero-order valence-electron chi connectivity index (χ0n) is 16.0. The summed E-state index contributed by atoms with van der Waals surface area (Å²) in [5, 5.41) is 16.7. The molecule has 0 aliphatic carbocycles. The van der Waals surface area contributed by atoms with Crippen molar-refractivity contribution in [2.45, 2.75) is 0 Å². The Balaban J connectivity index is -0.000000110. The first-order valence-electron chi connectivity index (χ1n) is 7.57. The van der Waals surface area contributed by atoms with Gasteiger partial charge in [-0.2, -0.15) is 0 Å². The maximum Gasteiger partial charge on any atom is 3.00 e. The predicted octanol–water partition coefficient (Wildman–Crippen LogP) is -1.27. The van der Waals surface area contributed by atoms with Crippen LogP contribution in [-0.2, 0) is 75.8 Å². The second-order valence-electron chi connectivity index (χ2n) is 4.29. The van der Waals surface area contributed by atoms with Crippen molar-refractivity contribution in [3.05, 3.63) is 0 Å². The van der Waals surface area contributed by atoms with E-state index in [2.05, 4.69) is 181 Å². The van der Waals surface area contributed by atoms with E-state index < -0.39 is 0 Å². The summed E-state index contributed by atoms with van der Waals surface area (Å²) in [6.45, 7) is 3.99. The molecule has 0 aromatic heterocycles. The van der Waals surface area contributed by atoms with E-state index in [4.69, 9.17) is 0 Å². The van der Waals surface area contributed by atoms with Gasteiger partial charge in [-0.1, -0.05) is 25.9 Å². The number of hydrogen-bond donors (Lipinski definition) is 6. The van der Waals surface area contributed by atoms with E-state index in [1.165, 1.54) is 0 Å². The van der Waals surface area contributed by atoms with Gasteiger partial charge in [-0.3, -0.25) is 0 Å². The third kappa shape index (κ3) is 58.3. The van der Waals surface area contributed by atoms with Crippen LogP contribution >= 0.6 is 73.3 Å². The average molecular weight is 875 g/mol. The summed E-state index contributed by atoms with van der Waals surface area (Å²) in [6.07, 6.45) is 0. The van der Waals surface area contributed by atoms with Crippen LogP contribution < -0.4 is 31.9 Å². The fourth-order valence-corrected chi connectivity index (χ4v) is 2.21. The smallest absolute Gasteiger partial charge is 0.412 e. The minimum absolute atomic E-state index is 0. The molecule has 0 bridgehead atoms. The number of thiocarbonyl (C=S) groups is 6. The molecule has 0 heterocycles. The van der Waals surface area contributed by atoms with Gasteiger partial charge in [0.1, 0.15) is 0 Å². The predicted molar refractivity (Wildman–Crippen MR) is 179 cm³/mol. The molecule has 0 aliphatic rings. The van der Waals surface area contributed by atoms with Gasteiger partial charge in [-0.05, 0) is 0 Å². The van der Waals surface area contributed by atoms with Gasteiger partial charge in [0.25, 0.3) is 0 Å². The molecule has 0 saturated heterocycles. The normalized spacial score (nSPS) is 7.88. The van der Waals surface area contributed by atoms with Crippen LogP contribution in [0.4, 0.5) is 0 Å². The van der Waals surface area contributed by atoms with Gasteiger partial charge in [0.05, 0.1) is 0 Å². The average Bonchev–Trinajstić information content (AvgIpc) is 2.60. The van der Waals surface area contributed by atoms with E-state index in [9.17, 15) is 0 Å². The van der Waals surface area contributed by atoms with E-state index >= 15 is 0 Å². The Morgan fingerprint density at radius 1 is 0.344 bits per heavy atom. The SMILES string of the molecule is S=C([S-])NCCNC(=S)[S-].S=C([S-])NCCNC(=S)[S-].S=C([S-])NCCNC(=S)[S-].[Sb+3].[Sb+3]. The molecule has 0 saturated carbocycles. The van der Waals surface area contributed by atoms with Crippen molar-refractivity contribution >= 4 is 224 Å². The summed E-state index contributed by atoms with van der Waals surface area (Å²) < 4.78 is 2.23.